The molecule has 26 heavy (non-hydrogen) atoms. The van der Waals surface area contributed by atoms with Gasteiger partial charge in [0.05, 0.1) is 17.5 Å². The van der Waals surface area contributed by atoms with Crippen LogP contribution in [-0.2, 0) is 10.3 Å². The molecule has 1 fully saturated rings. The standard InChI is InChI=1S/C23H22BrNO/c1-23(2,17-11-7-4-8-12-17)25-21(16-9-5-3-6-10-16)19-14-13-18(24)15-20(19)22(25)26/h3-15,19-21H,1-2H3/t19-,20+,21+/m1/s1. The van der Waals surface area contributed by atoms with Gasteiger partial charge in [0.2, 0.25) is 5.91 Å². The van der Waals surface area contributed by atoms with Gasteiger partial charge in [0.25, 0.3) is 0 Å². The molecule has 0 saturated carbocycles. The van der Waals surface area contributed by atoms with Crippen molar-refractivity contribution in [2.75, 3.05) is 0 Å². The number of benzene rings is 2. The first-order chi connectivity index (χ1) is 12.5. The summed E-state index contributed by atoms with van der Waals surface area (Å²) in [7, 11) is 0. The molecule has 1 aliphatic heterocycles. The Morgan fingerprint density at radius 2 is 1.58 bits per heavy atom. The highest BCUT2D eigenvalue weighted by Gasteiger charge is 2.52. The Hall–Kier alpha value is -2.13. The Kier molecular flexibility index (Phi) is 4.36. The van der Waals surface area contributed by atoms with Crippen LogP contribution in [0.2, 0.25) is 0 Å². The predicted molar refractivity (Wildman–Crippen MR) is 109 cm³/mol. The van der Waals surface area contributed by atoms with Crippen molar-refractivity contribution in [2.45, 2.75) is 25.4 Å². The van der Waals surface area contributed by atoms with Gasteiger partial charge in [-0.1, -0.05) is 94.8 Å². The maximum absolute atomic E-state index is 13.5. The molecule has 1 aliphatic carbocycles. The van der Waals surface area contributed by atoms with E-state index in [0.29, 0.717) is 0 Å². The number of likely N-dealkylation sites (tertiary alicyclic amines) is 1. The Balaban J connectivity index is 1.85. The van der Waals surface area contributed by atoms with Gasteiger partial charge in [0.1, 0.15) is 0 Å². The van der Waals surface area contributed by atoms with Gasteiger partial charge >= 0.3 is 0 Å². The van der Waals surface area contributed by atoms with Gasteiger partial charge in [-0.15, -0.1) is 0 Å². The molecule has 3 heteroatoms. The van der Waals surface area contributed by atoms with Crippen LogP contribution in [0.15, 0.2) is 83.4 Å². The van der Waals surface area contributed by atoms with Crippen molar-refractivity contribution < 1.29 is 4.79 Å². The van der Waals surface area contributed by atoms with E-state index in [1.807, 2.05) is 24.3 Å². The molecule has 2 nitrogen and oxygen atoms in total. The van der Waals surface area contributed by atoms with E-state index in [1.165, 1.54) is 5.56 Å². The van der Waals surface area contributed by atoms with Gasteiger partial charge in [-0.25, -0.2) is 0 Å². The fourth-order valence-electron chi connectivity index (χ4n) is 4.30. The molecule has 2 aromatic carbocycles. The first-order valence-corrected chi connectivity index (χ1v) is 9.78. The van der Waals surface area contributed by atoms with E-state index < -0.39 is 5.54 Å². The monoisotopic (exact) mass is 407 g/mol. The minimum atomic E-state index is -0.398. The average Bonchev–Trinajstić information content (AvgIpc) is 2.96. The summed E-state index contributed by atoms with van der Waals surface area (Å²) >= 11 is 3.55. The molecule has 132 valence electrons. The van der Waals surface area contributed by atoms with Crippen molar-refractivity contribution in [3.8, 4) is 0 Å². The molecular weight excluding hydrogens is 386 g/mol. The molecule has 1 heterocycles. The van der Waals surface area contributed by atoms with E-state index in [9.17, 15) is 4.79 Å². The first-order valence-electron chi connectivity index (χ1n) is 8.99. The summed E-state index contributed by atoms with van der Waals surface area (Å²) in [6, 6.07) is 20.7. The molecule has 0 unspecified atom stereocenters. The zero-order valence-electron chi connectivity index (χ0n) is 15.0. The second kappa shape index (κ2) is 6.55. The fourth-order valence-corrected chi connectivity index (χ4v) is 4.74. The van der Waals surface area contributed by atoms with Crippen LogP contribution in [0.1, 0.15) is 31.0 Å². The summed E-state index contributed by atoms with van der Waals surface area (Å²) in [5.74, 6) is 0.218. The highest BCUT2D eigenvalue weighted by molar-refractivity contribution is 9.11. The summed E-state index contributed by atoms with van der Waals surface area (Å²) in [6.07, 6.45) is 6.32. The van der Waals surface area contributed by atoms with Gasteiger partial charge in [-0.2, -0.15) is 0 Å². The van der Waals surface area contributed by atoms with Crippen molar-refractivity contribution >= 4 is 21.8 Å². The Bertz CT molecular complexity index is 870. The molecule has 0 N–H and O–H groups in total. The number of rotatable bonds is 3. The fraction of sp³-hybridized carbons (Fsp3) is 0.261. The largest absolute Gasteiger partial charge is 0.325 e. The molecule has 1 saturated heterocycles. The molecule has 0 aromatic heterocycles. The highest BCUT2D eigenvalue weighted by atomic mass is 79.9. The normalized spacial score (nSPS) is 25.2. The smallest absolute Gasteiger partial charge is 0.231 e. The third kappa shape index (κ3) is 2.75. The molecule has 3 atom stereocenters. The molecule has 2 aliphatic rings. The number of halogens is 1. The predicted octanol–water partition coefficient (Wildman–Crippen LogP) is 5.59. The number of fused-ring (bicyclic) bond motifs is 1. The Morgan fingerprint density at radius 3 is 2.23 bits per heavy atom. The second-order valence-electron chi connectivity index (χ2n) is 7.50. The van der Waals surface area contributed by atoms with Crippen molar-refractivity contribution in [3.63, 3.8) is 0 Å². The van der Waals surface area contributed by atoms with Crippen LogP contribution in [0.4, 0.5) is 0 Å². The molecule has 4 rings (SSSR count). The molecule has 2 aromatic rings. The number of allylic oxidation sites excluding steroid dienone is 2. The van der Waals surface area contributed by atoms with Crippen molar-refractivity contribution in [2.24, 2.45) is 11.8 Å². The average molecular weight is 408 g/mol. The van der Waals surface area contributed by atoms with Crippen LogP contribution in [0, 0.1) is 11.8 Å². The van der Waals surface area contributed by atoms with Crippen LogP contribution in [0.5, 0.6) is 0 Å². The number of hydrogen-bond donors (Lipinski definition) is 0. The highest BCUT2D eigenvalue weighted by Crippen LogP contribution is 2.51. The zero-order valence-corrected chi connectivity index (χ0v) is 16.6. The van der Waals surface area contributed by atoms with Crippen LogP contribution in [0.3, 0.4) is 0 Å². The number of carbonyl (C=O) groups is 1. The van der Waals surface area contributed by atoms with Crippen LogP contribution in [-0.4, -0.2) is 10.8 Å². The topological polar surface area (TPSA) is 20.3 Å². The maximum Gasteiger partial charge on any atom is 0.231 e. The van der Waals surface area contributed by atoms with E-state index >= 15 is 0 Å². The van der Waals surface area contributed by atoms with E-state index in [-0.39, 0.29) is 23.8 Å². The van der Waals surface area contributed by atoms with E-state index in [0.717, 1.165) is 10.0 Å². The lowest BCUT2D eigenvalue weighted by atomic mass is 9.83. The number of carbonyl (C=O) groups excluding carboxylic acids is 1. The maximum atomic E-state index is 13.5. The molecule has 0 bridgehead atoms. The number of hydrogen-bond acceptors (Lipinski definition) is 1. The van der Waals surface area contributed by atoms with Gasteiger partial charge in [0, 0.05) is 10.4 Å². The SMILES string of the molecule is CC(C)(c1ccccc1)N1C(=O)[C@H]2C=C(Br)C=C[C@H]2[C@@H]1c1ccccc1. The summed E-state index contributed by atoms with van der Waals surface area (Å²) < 4.78 is 0.985. The summed E-state index contributed by atoms with van der Waals surface area (Å²) in [5.41, 5.74) is 1.94. The Morgan fingerprint density at radius 1 is 0.962 bits per heavy atom. The van der Waals surface area contributed by atoms with Crippen molar-refractivity contribution in [1.82, 2.24) is 4.90 Å². The number of nitrogens with zero attached hydrogens (tertiary/aromatic N) is 1. The molecule has 0 spiro atoms. The summed E-state index contributed by atoms with van der Waals surface area (Å²) in [6.45, 7) is 4.30. The molecule has 1 amide bonds. The lowest BCUT2D eigenvalue weighted by Crippen LogP contribution is -2.44. The second-order valence-corrected chi connectivity index (χ2v) is 8.42. The van der Waals surface area contributed by atoms with E-state index in [1.54, 1.807) is 0 Å². The number of amides is 1. The Labute approximate surface area is 163 Å². The lowest BCUT2D eigenvalue weighted by Gasteiger charge is -2.41. The zero-order chi connectivity index (χ0) is 18.3. The van der Waals surface area contributed by atoms with E-state index in [2.05, 4.69) is 89.3 Å². The summed E-state index contributed by atoms with van der Waals surface area (Å²) in [5, 5.41) is 0. The van der Waals surface area contributed by atoms with Crippen LogP contribution >= 0.6 is 15.9 Å². The quantitative estimate of drug-likeness (QED) is 0.649. The lowest BCUT2D eigenvalue weighted by molar-refractivity contribution is -0.136. The van der Waals surface area contributed by atoms with Crippen molar-refractivity contribution in [3.05, 3.63) is 94.5 Å². The minimum Gasteiger partial charge on any atom is -0.325 e. The minimum absolute atomic E-state index is 0.0250. The first kappa shape index (κ1) is 17.3. The molecule has 0 radical (unpaired) electrons. The van der Waals surface area contributed by atoms with E-state index in [4.69, 9.17) is 0 Å². The van der Waals surface area contributed by atoms with Gasteiger partial charge < -0.3 is 4.90 Å². The summed E-state index contributed by atoms with van der Waals surface area (Å²) in [4.78, 5) is 15.6. The van der Waals surface area contributed by atoms with Crippen LogP contribution in [0.25, 0.3) is 0 Å². The van der Waals surface area contributed by atoms with Crippen molar-refractivity contribution in [1.29, 1.82) is 0 Å². The van der Waals surface area contributed by atoms with Crippen LogP contribution < -0.4 is 0 Å². The third-order valence-electron chi connectivity index (χ3n) is 5.62. The van der Waals surface area contributed by atoms with Gasteiger partial charge in [-0.3, -0.25) is 4.79 Å². The van der Waals surface area contributed by atoms with Gasteiger partial charge in [-0.05, 0) is 25.0 Å². The van der Waals surface area contributed by atoms with Gasteiger partial charge in [0.15, 0.2) is 0 Å². The molecular formula is C23H22BrNO. The third-order valence-corrected chi connectivity index (χ3v) is 6.15.